The predicted molar refractivity (Wildman–Crippen MR) is 106 cm³/mol. The van der Waals surface area contributed by atoms with Crippen molar-refractivity contribution in [2.45, 2.75) is 56.8 Å². The van der Waals surface area contributed by atoms with Crippen LogP contribution in [0.1, 0.15) is 51.9 Å². The van der Waals surface area contributed by atoms with E-state index in [4.69, 9.17) is 0 Å². The number of benzene rings is 1. The van der Waals surface area contributed by atoms with E-state index in [0.717, 1.165) is 24.7 Å². The molecule has 1 heterocycles. The van der Waals surface area contributed by atoms with Crippen molar-refractivity contribution in [1.82, 2.24) is 4.31 Å². The van der Waals surface area contributed by atoms with E-state index in [2.05, 4.69) is 12.2 Å². The maximum Gasteiger partial charge on any atom is 0.243 e. The molecule has 2 bridgehead atoms. The van der Waals surface area contributed by atoms with Gasteiger partial charge in [0, 0.05) is 25.2 Å². The van der Waals surface area contributed by atoms with Gasteiger partial charge in [-0.3, -0.25) is 4.79 Å². The van der Waals surface area contributed by atoms with Gasteiger partial charge < -0.3 is 5.32 Å². The molecule has 0 aromatic heterocycles. The maximum atomic E-state index is 12.8. The summed E-state index contributed by atoms with van der Waals surface area (Å²) in [4.78, 5) is 12.7. The van der Waals surface area contributed by atoms with Crippen molar-refractivity contribution in [3.8, 4) is 0 Å². The predicted octanol–water partition coefficient (Wildman–Crippen LogP) is 3.87. The lowest BCUT2D eigenvalue weighted by Gasteiger charge is -2.29. The van der Waals surface area contributed by atoms with Crippen LogP contribution in [0.25, 0.3) is 0 Å². The first-order valence-corrected chi connectivity index (χ1v) is 11.8. The van der Waals surface area contributed by atoms with Crippen LogP contribution in [0.2, 0.25) is 0 Å². The van der Waals surface area contributed by atoms with Crippen LogP contribution in [0, 0.1) is 23.7 Å². The molecule has 1 amide bonds. The molecule has 3 atom stereocenters. The largest absolute Gasteiger partial charge is 0.326 e. The quantitative estimate of drug-likeness (QED) is 0.830. The molecule has 1 N–H and O–H groups in total. The van der Waals surface area contributed by atoms with Gasteiger partial charge in [0.2, 0.25) is 15.9 Å². The first-order chi connectivity index (χ1) is 12.9. The van der Waals surface area contributed by atoms with E-state index in [1.54, 1.807) is 28.6 Å². The summed E-state index contributed by atoms with van der Waals surface area (Å²) in [7, 11) is -3.43. The molecule has 1 saturated heterocycles. The third-order valence-electron chi connectivity index (χ3n) is 6.85. The van der Waals surface area contributed by atoms with Crippen LogP contribution in [0.3, 0.4) is 0 Å². The molecule has 1 aliphatic heterocycles. The van der Waals surface area contributed by atoms with Gasteiger partial charge in [-0.25, -0.2) is 8.42 Å². The van der Waals surface area contributed by atoms with E-state index in [1.165, 1.54) is 25.7 Å². The van der Waals surface area contributed by atoms with Crippen LogP contribution in [-0.2, 0) is 14.8 Å². The zero-order valence-corrected chi connectivity index (χ0v) is 16.9. The summed E-state index contributed by atoms with van der Waals surface area (Å²) in [5, 5.41) is 2.94. The highest BCUT2D eigenvalue weighted by Gasteiger charge is 2.40. The van der Waals surface area contributed by atoms with Crippen LogP contribution >= 0.6 is 0 Å². The Morgan fingerprint density at radius 3 is 2.37 bits per heavy atom. The van der Waals surface area contributed by atoms with Gasteiger partial charge in [-0.15, -0.1) is 0 Å². The Labute approximate surface area is 162 Å². The molecule has 1 aromatic carbocycles. The van der Waals surface area contributed by atoms with E-state index >= 15 is 0 Å². The smallest absolute Gasteiger partial charge is 0.243 e. The number of hydrogen-bond acceptors (Lipinski definition) is 3. The summed E-state index contributed by atoms with van der Waals surface area (Å²) < 4.78 is 27.1. The van der Waals surface area contributed by atoms with Crippen molar-refractivity contribution in [3.63, 3.8) is 0 Å². The number of amides is 1. The molecule has 6 heteroatoms. The fourth-order valence-corrected chi connectivity index (χ4v) is 6.63. The Balaban J connectivity index is 1.35. The normalized spacial score (nSPS) is 29.1. The van der Waals surface area contributed by atoms with Crippen molar-refractivity contribution in [2.75, 3.05) is 18.4 Å². The van der Waals surface area contributed by atoms with Crippen molar-refractivity contribution in [1.29, 1.82) is 0 Å². The minimum atomic E-state index is -3.43. The van der Waals surface area contributed by atoms with E-state index in [0.29, 0.717) is 41.9 Å². The van der Waals surface area contributed by atoms with E-state index in [1.807, 2.05) is 0 Å². The number of carbonyl (C=O) groups is 1. The summed E-state index contributed by atoms with van der Waals surface area (Å²) in [6.07, 6.45) is 7.54. The van der Waals surface area contributed by atoms with Crippen molar-refractivity contribution >= 4 is 21.6 Å². The Morgan fingerprint density at radius 1 is 1.07 bits per heavy atom. The topological polar surface area (TPSA) is 66.5 Å². The number of hydrogen-bond donors (Lipinski definition) is 1. The fraction of sp³-hybridized carbons (Fsp3) is 0.667. The SMILES string of the molecule is CC1CCN(S(=O)(=O)c2ccc(NC(=O)C[C@@H]3C[C@@H]4CC[C@@H]3C4)cc2)CC1. The first kappa shape index (κ1) is 18.9. The van der Waals surface area contributed by atoms with E-state index < -0.39 is 10.0 Å². The molecule has 0 spiro atoms. The Hall–Kier alpha value is -1.40. The summed E-state index contributed by atoms with van der Waals surface area (Å²) >= 11 is 0. The van der Waals surface area contributed by atoms with Crippen molar-refractivity contribution in [3.05, 3.63) is 24.3 Å². The number of fused-ring (bicyclic) bond motifs is 2. The summed E-state index contributed by atoms with van der Waals surface area (Å²) in [5.74, 6) is 2.75. The lowest BCUT2D eigenvalue weighted by Crippen LogP contribution is -2.37. The highest BCUT2D eigenvalue weighted by Crippen LogP contribution is 2.49. The zero-order valence-electron chi connectivity index (χ0n) is 16.1. The molecule has 0 radical (unpaired) electrons. The molecule has 27 heavy (non-hydrogen) atoms. The van der Waals surface area contributed by atoms with Gasteiger partial charge in [0.1, 0.15) is 0 Å². The lowest BCUT2D eigenvalue weighted by atomic mass is 9.86. The van der Waals surface area contributed by atoms with E-state index in [9.17, 15) is 13.2 Å². The molecule has 5 nitrogen and oxygen atoms in total. The van der Waals surface area contributed by atoms with Crippen LogP contribution in [-0.4, -0.2) is 31.7 Å². The molecule has 2 aliphatic carbocycles. The Bertz CT molecular complexity index is 782. The Morgan fingerprint density at radius 2 is 1.78 bits per heavy atom. The second-order valence-corrected chi connectivity index (χ2v) is 10.7. The van der Waals surface area contributed by atoms with Crippen LogP contribution < -0.4 is 5.32 Å². The number of piperidine rings is 1. The molecule has 2 saturated carbocycles. The van der Waals surface area contributed by atoms with Gasteiger partial charge in [0.25, 0.3) is 0 Å². The molecule has 3 aliphatic rings. The van der Waals surface area contributed by atoms with Gasteiger partial charge in [-0.1, -0.05) is 13.3 Å². The molecular formula is C21H30N2O3S. The average molecular weight is 391 g/mol. The molecule has 0 unspecified atom stereocenters. The third-order valence-corrected chi connectivity index (χ3v) is 8.76. The van der Waals surface area contributed by atoms with Gasteiger partial charge in [0.05, 0.1) is 4.90 Å². The van der Waals surface area contributed by atoms with Crippen LogP contribution in [0.15, 0.2) is 29.2 Å². The van der Waals surface area contributed by atoms with E-state index in [-0.39, 0.29) is 5.91 Å². The number of nitrogens with zero attached hydrogens (tertiary/aromatic N) is 1. The number of sulfonamides is 1. The maximum absolute atomic E-state index is 12.8. The standard InChI is InChI=1S/C21H30N2O3S/c1-15-8-10-23(11-9-15)27(25,26)20-6-4-19(5-7-20)22-21(24)14-18-13-16-2-3-17(18)12-16/h4-7,15-18H,2-3,8-14H2,1H3,(H,22,24)/t16-,17-,18+/m1/s1. The Kier molecular flexibility index (Phi) is 5.30. The first-order valence-electron chi connectivity index (χ1n) is 10.3. The average Bonchev–Trinajstić information content (AvgIpc) is 3.25. The van der Waals surface area contributed by atoms with Crippen molar-refractivity contribution < 1.29 is 13.2 Å². The van der Waals surface area contributed by atoms with Crippen LogP contribution in [0.4, 0.5) is 5.69 Å². The molecule has 3 fully saturated rings. The van der Waals surface area contributed by atoms with Crippen molar-refractivity contribution in [2.24, 2.45) is 23.7 Å². The van der Waals surface area contributed by atoms with Gasteiger partial charge in [-0.2, -0.15) is 4.31 Å². The van der Waals surface area contributed by atoms with Crippen LogP contribution in [0.5, 0.6) is 0 Å². The summed E-state index contributed by atoms with van der Waals surface area (Å²) in [6.45, 7) is 3.34. The second-order valence-electron chi connectivity index (χ2n) is 8.80. The minimum absolute atomic E-state index is 0.0492. The number of anilines is 1. The molecule has 148 valence electrons. The zero-order chi connectivity index (χ0) is 19.0. The second kappa shape index (κ2) is 7.55. The third kappa shape index (κ3) is 4.06. The number of nitrogens with one attached hydrogen (secondary N) is 1. The summed E-state index contributed by atoms with van der Waals surface area (Å²) in [5.41, 5.74) is 0.675. The van der Waals surface area contributed by atoms with Gasteiger partial charge >= 0.3 is 0 Å². The number of carbonyl (C=O) groups excluding carboxylic acids is 1. The highest BCUT2D eigenvalue weighted by molar-refractivity contribution is 7.89. The number of rotatable bonds is 5. The lowest BCUT2D eigenvalue weighted by molar-refractivity contribution is -0.117. The summed E-state index contributed by atoms with van der Waals surface area (Å²) in [6, 6.07) is 6.64. The molecule has 4 rings (SSSR count). The highest BCUT2D eigenvalue weighted by atomic mass is 32.2. The fourth-order valence-electron chi connectivity index (χ4n) is 5.16. The molecule has 1 aromatic rings. The minimum Gasteiger partial charge on any atom is -0.326 e. The van der Waals surface area contributed by atoms with Gasteiger partial charge in [0.15, 0.2) is 0 Å². The van der Waals surface area contributed by atoms with Gasteiger partial charge in [-0.05, 0) is 80.0 Å². The molecular weight excluding hydrogens is 360 g/mol. The monoisotopic (exact) mass is 390 g/mol.